The Morgan fingerprint density at radius 3 is 0.804 bits per heavy atom. The topological polar surface area (TPSA) is 13.0 Å². The second-order valence-corrected chi connectivity index (χ2v) is 27.7. The summed E-state index contributed by atoms with van der Waals surface area (Å²) in [6.45, 7) is 13.9. The summed E-state index contributed by atoms with van der Waals surface area (Å²) in [5.41, 5.74) is 30.3. The zero-order valence-electron chi connectivity index (χ0n) is 55.8. The molecule has 0 spiro atoms. The number of anilines is 12. The minimum Gasteiger partial charge on any atom is -0.310 e. The first-order valence-electron chi connectivity index (χ1n) is 33.9. The molecule has 0 aliphatic carbocycles. The van der Waals surface area contributed by atoms with Crippen molar-refractivity contribution in [2.75, 3.05) is 19.6 Å². The highest BCUT2D eigenvalue weighted by Crippen LogP contribution is 2.55. The SMILES string of the molecule is CC(C)(C)c1cc(-c2cc3c4c(c2)N(c2c(-c5ccccc5)cccc2-c2ccccc2)c2cc(N(c5ccccc5)c5ccccc5)ccc2B4c2ccc(N(c4ccccc4)c4ccccc4)cc2N3c2c(-c3ccccc3)cccc2-c2ccccc2)cc(C(C)(C)C)c1. The Hall–Kier alpha value is -11.7. The van der Waals surface area contributed by atoms with Crippen LogP contribution in [0.2, 0.25) is 0 Å². The van der Waals surface area contributed by atoms with Crippen molar-refractivity contribution in [2.24, 2.45) is 0 Å². The first-order valence-corrected chi connectivity index (χ1v) is 33.9. The van der Waals surface area contributed by atoms with Crippen LogP contribution in [0.3, 0.4) is 0 Å². The van der Waals surface area contributed by atoms with Crippen molar-refractivity contribution in [2.45, 2.75) is 52.4 Å². The summed E-state index contributed by atoms with van der Waals surface area (Å²) in [5.74, 6) is 0. The Morgan fingerprint density at radius 2 is 0.515 bits per heavy atom. The van der Waals surface area contributed by atoms with Crippen LogP contribution in [0, 0.1) is 0 Å². The molecule has 0 saturated carbocycles. The largest absolute Gasteiger partial charge is 0.310 e. The maximum absolute atomic E-state index is 2.68. The zero-order valence-corrected chi connectivity index (χ0v) is 55.8. The first-order chi connectivity index (χ1) is 47.4. The van der Waals surface area contributed by atoms with Crippen LogP contribution >= 0.6 is 0 Å². The van der Waals surface area contributed by atoms with E-state index in [0.29, 0.717) is 0 Å². The van der Waals surface area contributed by atoms with Gasteiger partial charge in [0.25, 0.3) is 6.71 Å². The fourth-order valence-corrected chi connectivity index (χ4v) is 14.7. The van der Waals surface area contributed by atoms with E-state index in [1.807, 2.05) is 0 Å². The Labute approximate surface area is 572 Å². The van der Waals surface area contributed by atoms with Gasteiger partial charge in [-0.15, -0.1) is 0 Å². The lowest BCUT2D eigenvalue weighted by Gasteiger charge is -2.46. The van der Waals surface area contributed by atoms with Crippen LogP contribution in [0.1, 0.15) is 52.7 Å². The third-order valence-electron chi connectivity index (χ3n) is 19.5. The van der Waals surface area contributed by atoms with Crippen molar-refractivity contribution in [3.63, 3.8) is 0 Å². The molecule has 0 N–H and O–H groups in total. The quantitative estimate of drug-likeness (QED) is 0.107. The van der Waals surface area contributed by atoms with Crippen LogP contribution in [-0.2, 0) is 10.8 Å². The number of fused-ring (bicyclic) bond motifs is 4. The Bertz CT molecular complexity index is 4650. The van der Waals surface area contributed by atoms with Crippen molar-refractivity contribution in [3.05, 3.63) is 357 Å². The van der Waals surface area contributed by atoms with Gasteiger partial charge in [0, 0.05) is 79.1 Å². The minimum atomic E-state index is -0.261. The molecule has 0 amide bonds. The molecule has 0 saturated heterocycles. The van der Waals surface area contributed by atoms with Crippen LogP contribution in [0.25, 0.3) is 55.6 Å². The number of rotatable bonds is 13. The lowest BCUT2D eigenvalue weighted by Crippen LogP contribution is -2.61. The molecule has 2 aliphatic heterocycles. The monoisotopic (exact) mass is 1250 g/mol. The van der Waals surface area contributed by atoms with Gasteiger partial charge in [-0.1, -0.05) is 302 Å². The number of nitrogens with zero attached hydrogens (tertiary/aromatic N) is 4. The van der Waals surface area contributed by atoms with Crippen LogP contribution in [0.4, 0.5) is 68.2 Å². The molecule has 0 bridgehead atoms. The first kappa shape index (κ1) is 60.3. The summed E-state index contributed by atoms with van der Waals surface area (Å²) in [6.07, 6.45) is 0. The summed E-state index contributed by atoms with van der Waals surface area (Å²) in [7, 11) is 0. The van der Waals surface area contributed by atoms with Gasteiger partial charge in [-0.05, 0) is 157 Å². The third kappa shape index (κ3) is 11.2. The summed E-state index contributed by atoms with van der Waals surface area (Å²) >= 11 is 0. The molecule has 0 aromatic heterocycles. The average Bonchev–Trinajstić information content (AvgIpc) is 0.688. The highest BCUT2D eigenvalue weighted by Gasteiger charge is 2.46. The molecule has 2 aliphatic rings. The van der Waals surface area contributed by atoms with E-state index in [4.69, 9.17) is 0 Å². The van der Waals surface area contributed by atoms with Gasteiger partial charge in [0.1, 0.15) is 0 Å². The Balaban J connectivity index is 1.11. The zero-order chi connectivity index (χ0) is 65.8. The summed E-state index contributed by atoms with van der Waals surface area (Å²) in [6, 6.07) is 129. The standard InChI is InChI=1S/C92H75BN4/c1-91(2,3)70-57-68(58-71(61-70)92(4,5)6)69-59-86-88-87(60-69)97(90-80(66-37-19-9-20-38-66)51-32-52-81(90)67-39-21-10-22-40-67)85-63-77(95(74-45-27-13-28-46-74)75-47-29-14-30-48-75)54-56-83(85)93(88)82-55-53-76(94(72-41-23-11-24-42-72)73-43-25-12-26-44-73)62-84(82)96(86)89-78(64-33-15-7-16-34-64)49-31-50-79(89)65-35-17-8-18-36-65/h7-63H,1-6H3. The van der Waals surface area contributed by atoms with Crippen LogP contribution < -0.4 is 36.0 Å². The summed E-state index contributed by atoms with van der Waals surface area (Å²) in [4.78, 5) is 10.2. The molecule has 14 aromatic carbocycles. The number of hydrogen-bond acceptors (Lipinski definition) is 4. The molecule has 0 atom stereocenters. The van der Waals surface area contributed by atoms with Gasteiger partial charge in [-0.25, -0.2) is 0 Å². The molecular weight excluding hydrogens is 1170 g/mol. The lowest BCUT2D eigenvalue weighted by atomic mass is 9.33. The molecule has 5 heteroatoms. The molecule has 0 radical (unpaired) electrons. The fraction of sp³-hybridized carbons (Fsp3) is 0.0870. The Morgan fingerprint density at radius 1 is 0.237 bits per heavy atom. The van der Waals surface area contributed by atoms with Gasteiger partial charge >= 0.3 is 0 Å². The number of benzene rings is 14. The maximum atomic E-state index is 2.68. The van der Waals surface area contributed by atoms with Crippen molar-refractivity contribution in [1.29, 1.82) is 0 Å². The maximum Gasteiger partial charge on any atom is 0.252 e. The van der Waals surface area contributed by atoms with E-state index in [1.165, 1.54) is 33.1 Å². The fourth-order valence-electron chi connectivity index (χ4n) is 14.7. The van der Waals surface area contributed by atoms with E-state index < -0.39 is 0 Å². The lowest BCUT2D eigenvalue weighted by molar-refractivity contribution is 0.569. The van der Waals surface area contributed by atoms with Crippen molar-refractivity contribution in [3.8, 4) is 55.6 Å². The van der Waals surface area contributed by atoms with E-state index in [1.54, 1.807) is 0 Å². The Kier molecular flexibility index (Phi) is 15.5. The van der Waals surface area contributed by atoms with Gasteiger partial charge in [0.2, 0.25) is 0 Å². The van der Waals surface area contributed by atoms with Gasteiger partial charge in [-0.2, -0.15) is 0 Å². The molecule has 0 fully saturated rings. The second kappa shape index (κ2) is 24.9. The van der Waals surface area contributed by atoms with E-state index in [-0.39, 0.29) is 17.5 Å². The van der Waals surface area contributed by atoms with Gasteiger partial charge in [-0.3, -0.25) is 0 Å². The van der Waals surface area contributed by atoms with E-state index >= 15 is 0 Å². The smallest absolute Gasteiger partial charge is 0.252 e. The molecule has 16 rings (SSSR count). The normalized spacial score (nSPS) is 12.4. The molecular formula is C92H75BN4. The summed E-state index contributed by atoms with van der Waals surface area (Å²) in [5, 5.41) is 0. The van der Waals surface area contributed by atoms with E-state index in [0.717, 1.165) is 118 Å². The predicted molar refractivity (Wildman–Crippen MR) is 414 cm³/mol. The van der Waals surface area contributed by atoms with Crippen molar-refractivity contribution in [1.82, 2.24) is 0 Å². The predicted octanol–water partition coefficient (Wildman–Crippen LogP) is 23.6. The van der Waals surface area contributed by atoms with Crippen LogP contribution in [-0.4, -0.2) is 6.71 Å². The van der Waals surface area contributed by atoms with Crippen LogP contribution in [0.15, 0.2) is 346 Å². The average molecular weight is 1250 g/mol. The van der Waals surface area contributed by atoms with Gasteiger partial charge in [0.15, 0.2) is 0 Å². The molecule has 4 nitrogen and oxygen atoms in total. The van der Waals surface area contributed by atoms with Gasteiger partial charge in [0.05, 0.1) is 11.4 Å². The molecule has 2 heterocycles. The number of para-hydroxylation sites is 6. The van der Waals surface area contributed by atoms with Crippen LogP contribution in [0.5, 0.6) is 0 Å². The number of hydrogen-bond donors (Lipinski definition) is 0. The summed E-state index contributed by atoms with van der Waals surface area (Å²) < 4.78 is 0. The van der Waals surface area contributed by atoms with Crippen molar-refractivity contribution < 1.29 is 0 Å². The minimum absolute atomic E-state index is 0.155. The molecule has 14 aromatic rings. The highest BCUT2D eigenvalue weighted by atomic mass is 15.2. The third-order valence-corrected chi connectivity index (χ3v) is 19.5. The highest BCUT2D eigenvalue weighted by molar-refractivity contribution is 7.00. The molecule has 466 valence electrons. The van der Waals surface area contributed by atoms with E-state index in [9.17, 15) is 0 Å². The van der Waals surface area contributed by atoms with Gasteiger partial charge < -0.3 is 19.6 Å². The van der Waals surface area contributed by atoms with E-state index in [2.05, 4.69) is 407 Å². The molecule has 0 unspecified atom stereocenters. The second-order valence-electron chi connectivity index (χ2n) is 27.7. The molecule has 97 heavy (non-hydrogen) atoms. The van der Waals surface area contributed by atoms with Crippen molar-refractivity contribution >= 4 is 91.3 Å².